The fourth-order valence-electron chi connectivity index (χ4n) is 5.00. The number of aromatic nitrogens is 2. The van der Waals surface area contributed by atoms with Crippen LogP contribution in [0.4, 0.5) is 0 Å². The summed E-state index contributed by atoms with van der Waals surface area (Å²) in [6, 6.07) is 9.77. The molecule has 7 nitrogen and oxygen atoms in total. The van der Waals surface area contributed by atoms with Crippen molar-refractivity contribution in [2.75, 3.05) is 13.2 Å². The summed E-state index contributed by atoms with van der Waals surface area (Å²) in [5.74, 6) is 1.04. The number of hydrogen-bond acceptors (Lipinski definition) is 4. The molecule has 1 atom stereocenters. The van der Waals surface area contributed by atoms with Gasteiger partial charge in [0.1, 0.15) is 17.0 Å². The maximum absolute atomic E-state index is 13.7. The van der Waals surface area contributed by atoms with Gasteiger partial charge < -0.3 is 15.0 Å². The summed E-state index contributed by atoms with van der Waals surface area (Å²) >= 11 is 0. The second-order valence-electron chi connectivity index (χ2n) is 10.3. The first kappa shape index (κ1) is 24.3. The van der Waals surface area contributed by atoms with Gasteiger partial charge in [-0.05, 0) is 69.4 Å². The zero-order valence-electron chi connectivity index (χ0n) is 21.0. The molecule has 34 heavy (non-hydrogen) atoms. The summed E-state index contributed by atoms with van der Waals surface area (Å²) in [6.45, 7) is 9.64. The lowest BCUT2D eigenvalue weighted by Crippen LogP contribution is -2.65. The van der Waals surface area contributed by atoms with Gasteiger partial charge in [0, 0.05) is 18.2 Å². The average molecular weight is 467 g/mol. The molecule has 4 rings (SSSR count). The topological polar surface area (TPSA) is 76.5 Å². The van der Waals surface area contributed by atoms with Crippen LogP contribution in [0.1, 0.15) is 76.7 Å². The van der Waals surface area contributed by atoms with Crippen molar-refractivity contribution in [3.05, 3.63) is 36.0 Å². The molecule has 2 aliphatic rings. The molecular weight excluding hydrogens is 428 g/mol. The maximum atomic E-state index is 13.7. The molecule has 1 aromatic carbocycles. The Balaban J connectivity index is 1.63. The largest absolute Gasteiger partial charge is 0.494 e. The van der Waals surface area contributed by atoms with Crippen molar-refractivity contribution in [1.29, 1.82) is 0 Å². The van der Waals surface area contributed by atoms with Crippen LogP contribution >= 0.6 is 0 Å². The lowest BCUT2D eigenvalue weighted by atomic mass is 9.91. The number of nitrogens with zero attached hydrogens (tertiary/aromatic N) is 3. The number of rotatable bonds is 8. The molecule has 1 aromatic heterocycles. The molecule has 0 bridgehead atoms. The second-order valence-corrected chi connectivity index (χ2v) is 10.3. The highest BCUT2D eigenvalue weighted by atomic mass is 16.5. The van der Waals surface area contributed by atoms with Crippen LogP contribution in [0.2, 0.25) is 0 Å². The number of benzene rings is 1. The van der Waals surface area contributed by atoms with E-state index in [-0.39, 0.29) is 17.9 Å². The summed E-state index contributed by atoms with van der Waals surface area (Å²) in [7, 11) is 0. The highest BCUT2D eigenvalue weighted by Crippen LogP contribution is 2.32. The van der Waals surface area contributed by atoms with Crippen LogP contribution in [0.25, 0.3) is 11.3 Å². The molecule has 0 radical (unpaired) electrons. The van der Waals surface area contributed by atoms with Gasteiger partial charge in [0.25, 0.3) is 5.91 Å². The van der Waals surface area contributed by atoms with Crippen molar-refractivity contribution in [2.45, 2.75) is 84.3 Å². The van der Waals surface area contributed by atoms with Crippen LogP contribution in [-0.2, 0) is 11.3 Å². The predicted octanol–water partition coefficient (Wildman–Crippen LogP) is 4.66. The Kier molecular flexibility index (Phi) is 7.29. The van der Waals surface area contributed by atoms with Crippen LogP contribution in [0, 0.1) is 5.92 Å². The van der Waals surface area contributed by atoms with Gasteiger partial charge in [-0.25, -0.2) is 0 Å². The molecule has 1 aliphatic heterocycles. The third-order valence-corrected chi connectivity index (χ3v) is 7.12. The number of carbonyl (C=O) groups is 2. The van der Waals surface area contributed by atoms with E-state index in [2.05, 4.69) is 19.2 Å². The van der Waals surface area contributed by atoms with E-state index >= 15 is 0 Å². The minimum absolute atomic E-state index is 0.0692. The standard InChI is InChI=1S/C27H38N4O3/c1-5-34-22-13-11-20(12-14-22)23-17-24-25(32)30(16-15-19(2)3)27(4,18-31(24)29-23)26(33)28-21-9-7-6-8-10-21/h11-14,17,19,21H,5-10,15-16,18H2,1-4H3,(H,28,33)/t27-/m0/s1. The van der Waals surface area contributed by atoms with Gasteiger partial charge in [-0.1, -0.05) is 33.1 Å². The Morgan fingerprint density at radius 3 is 2.56 bits per heavy atom. The first-order valence-corrected chi connectivity index (χ1v) is 12.8. The molecule has 1 N–H and O–H groups in total. The quantitative estimate of drug-likeness (QED) is 0.614. The van der Waals surface area contributed by atoms with E-state index in [9.17, 15) is 9.59 Å². The fraction of sp³-hybridized carbons (Fsp3) is 0.593. The number of nitrogens with one attached hydrogen (secondary N) is 1. The van der Waals surface area contributed by atoms with Crippen molar-refractivity contribution in [1.82, 2.24) is 20.0 Å². The molecule has 0 unspecified atom stereocenters. The van der Waals surface area contributed by atoms with Crippen molar-refractivity contribution in [2.24, 2.45) is 5.92 Å². The molecule has 2 amide bonds. The molecule has 7 heteroatoms. The van der Waals surface area contributed by atoms with Crippen LogP contribution in [0.3, 0.4) is 0 Å². The average Bonchev–Trinajstić information content (AvgIpc) is 3.24. The van der Waals surface area contributed by atoms with E-state index in [1.165, 1.54) is 6.42 Å². The van der Waals surface area contributed by atoms with Gasteiger partial charge in [-0.3, -0.25) is 14.3 Å². The first-order valence-electron chi connectivity index (χ1n) is 12.8. The molecule has 1 aliphatic carbocycles. The molecule has 2 aromatic rings. The van der Waals surface area contributed by atoms with Crippen molar-refractivity contribution < 1.29 is 14.3 Å². The summed E-state index contributed by atoms with van der Waals surface area (Å²) in [5.41, 5.74) is 1.21. The normalized spacial score (nSPS) is 21.0. The minimum Gasteiger partial charge on any atom is -0.494 e. The van der Waals surface area contributed by atoms with E-state index in [0.717, 1.165) is 49.1 Å². The van der Waals surface area contributed by atoms with Gasteiger partial charge in [-0.2, -0.15) is 5.10 Å². The lowest BCUT2D eigenvalue weighted by molar-refractivity contribution is -0.134. The molecule has 2 heterocycles. The molecule has 0 spiro atoms. The van der Waals surface area contributed by atoms with Crippen molar-refractivity contribution in [3.63, 3.8) is 0 Å². The summed E-state index contributed by atoms with van der Waals surface area (Å²) in [4.78, 5) is 29.1. The third-order valence-electron chi connectivity index (χ3n) is 7.12. The van der Waals surface area contributed by atoms with E-state index < -0.39 is 5.54 Å². The van der Waals surface area contributed by atoms with Crippen molar-refractivity contribution >= 4 is 11.8 Å². The Bertz CT molecular complexity index is 1010. The van der Waals surface area contributed by atoms with Gasteiger partial charge in [0.15, 0.2) is 0 Å². The second kappa shape index (κ2) is 10.2. The molecular formula is C27H38N4O3. The van der Waals surface area contributed by atoms with Gasteiger partial charge >= 0.3 is 0 Å². The van der Waals surface area contributed by atoms with E-state index in [4.69, 9.17) is 9.84 Å². The Hall–Kier alpha value is -2.83. The Morgan fingerprint density at radius 2 is 1.91 bits per heavy atom. The van der Waals surface area contributed by atoms with Crippen LogP contribution in [0.5, 0.6) is 5.75 Å². The van der Waals surface area contributed by atoms with Gasteiger partial charge in [0.2, 0.25) is 5.91 Å². The monoisotopic (exact) mass is 466 g/mol. The highest BCUT2D eigenvalue weighted by Gasteiger charge is 2.48. The summed E-state index contributed by atoms with van der Waals surface area (Å²) in [6.07, 6.45) is 6.39. The first-order chi connectivity index (χ1) is 16.3. The van der Waals surface area contributed by atoms with E-state index in [0.29, 0.717) is 31.3 Å². The van der Waals surface area contributed by atoms with E-state index in [1.54, 1.807) is 9.58 Å². The molecule has 0 saturated heterocycles. The lowest BCUT2D eigenvalue weighted by Gasteiger charge is -2.44. The molecule has 1 fully saturated rings. The minimum atomic E-state index is -0.974. The summed E-state index contributed by atoms with van der Waals surface area (Å²) < 4.78 is 7.26. The number of ether oxygens (including phenoxy) is 1. The number of hydrogen-bond donors (Lipinski definition) is 1. The fourth-order valence-corrected chi connectivity index (χ4v) is 5.00. The van der Waals surface area contributed by atoms with Crippen LogP contribution in [-0.4, -0.2) is 51.2 Å². The Labute approximate surface area is 202 Å². The van der Waals surface area contributed by atoms with Gasteiger partial charge in [-0.15, -0.1) is 0 Å². The maximum Gasteiger partial charge on any atom is 0.273 e. The molecule has 184 valence electrons. The van der Waals surface area contributed by atoms with Crippen LogP contribution < -0.4 is 10.1 Å². The van der Waals surface area contributed by atoms with Crippen LogP contribution in [0.15, 0.2) is 30.3 Å². The van der Waals surface area contributed by atoms with Crippen molar-refractivity contribution in [3.8, 4) is 17.0 Å². The zero-order chi connectivity index (χ0) is 24.3. The summed E-state index contributed by atoms with van der Waals surface area (Å²) in [5, 5.41) is 8.02. The van der Waals surface area contributed by atoms with E-state index in [1.807, 2.05) is 44.2 Å². The zero-order valence-corrected chi connectivity index (χ0v) is 21.0. The SMILES string of the molecule is CCOc1ccc(-c2cc3n(n2)C[C@@](C)(C(=O)NC2CCCCC2)N(CCC(C)C)C3=O)cc1. The highest BCUT2D eigenvalue weighted by molar-refractivity contribution is 6.00. The predicted molar refractivity (Wildman–Crippen MR) is 133 cm³/mol. The smallest absolute Gasteiger partial charge is 0.273 e. The Morgan fingerprint density at radius 1 is 1.21 bits per heavy atom. The number of carbonyl (C=O) groups excluding carboxylic acids is 2. The number of amides is 2. The number of fused-ring (bicyclic) bond motifs is 1. The third kappa shape index (κ3) is 4.98. The molecule has 1 saturated carbocycles. The van der Waals surface area contributed by atoms with Gasteiger partial charge in [0.05, 0.1) is 18.8 Å².